The van der Waals surface area contributed by atoms with Gasteiger partial charge in [0.25, 0.3) is 0 Å². The van der Waals surface area contributed by atoms with Crippen molar-refractivity contribution < 1.29 is 18.7 Å². The SMILES string of the molecule is COC(=O)[C@@H](C)Oc1cc(F)ccc1Br. The van der Waals surface area contributed by atoms with Gasteiger partial charge in [-0.25, -0.2) is 9.18 Å². The highest BCUT2D eigenvalue weighted by Gasteiger charge is 2.16. The van der Waals surface area contributed by atoms with Gasteiger partial charge < -0.3 is 9.47 Å². The Balaban J connectivity index is 2.80. The number of rotatable bonds is 3. The molecule has 1 aromatic carbocycles. The lowest BCUT2D eigenvalue weighted by atomic mass is 10.3. The molecule has 1 rings (SSSR count). The Kier molecular flexibility index (Phi) is 4.08. The summed E-state index contributed by atoms with van der Waals surface area (Å²) in [6.07, 6.45) is -0.770. The van der Waals surface area contributed by atoms with E-state index in [1.54, 1.807) is 0 Å². The van der Waals surface area contributed by atoms with Crippen LogP contribution in [-0.4, -0.2) is 19.2 Å². The maximum atomic E-state index is 12.9. The average Bonchev–Trinajstić information content (AvgIpc) is 2.22. The van der Waals surface area contributed by atoms with Gasteiger partial charge in [0.05, 0.1) is 11.6 Å². The molecule has 0 radical (unpaired) electrons. The normalized spacial score (nSPS) is 12.0. The Hall–Kier alpha value is -1.10. The highest BCUT2D eigenvalue weighted by molar-refractivity contribution is 9.10. The van der Waals surface area contributed by atoms with E-state index in [0.717, 1.165) is 0 Å². The number of methoxy groups -OCH3 is 1. The van der Waals surface area contributed by atoms with E-state index < -0.39 is 17.9 Å². The van der Waals surface area contributed by atoms with Crippen molar-refractivity contribution in [2.24, 2.45) is 0 Å². The van der Waals surface area contributed by atoms with Gasteiger partial charge in [-0.15, -0.1) is 0 Å². The Labute approximate surface area is 95.3 Å². The molecule has 0 aliphatic rings. The van der Waals surface area contributed by atoms with Crippen molar-refractivity contribution in [2.75, 3.05) is 7.11 Å². The quantitative estimate of drug-likeness (QED) is 0.796. The first-order valence-corrected chi connectivity index (χ1v) is 5.03. The summed E-state index contributed by atoms with van der Waals surface area (Å²) in [6, 6.07) is 4.00. The number of hydrogen-bond acceptors (Lipinski definition) is 3. The minimum atomic E-state index is -0.770. The molecule has 15 heavy (non-hydrogen) atoms. The zero-order valence-electron chi connectivity index (χ0n) is 8.29. The third-order valence-corrected chi connectivity index (χ3v) is 2.39. The van der Waals surface area contributed by atoms with E-state index in [1.165, 1.54) is 32.2 Å². The summed E-state index contributed by atoms with van der Waals surface area (Å²) in [4.78, 5) is 11.1. The lowest BCUT2D eigenvalue weighted by Crippen LogP contribution is -2.25. The molecular weight excluding hydrogens is 267 g/mol. The molecule has 0 N–H and O–H groups in total. The number of carbonyl (C=O) groups is 1. The topological polar surface area (TPSA) is 35.5 Å². The molecule has 0 aliphatic carbocycles. The van der Waals surface area contributed by atoms with Crippen molar-refractivity contribution in [3.8, 4) is 5.75 Å². The predicted molar refractivity (Wildman–Crippen MR) is 56.2 cm³/mol. The second kappa shape index (κ2) is 5.11. The van der Waals surface area contributed by atoms with Gasteiger partial charge >= 0.3 is 5.97 Å². The molecule has 0 bridgehead atoms. The van der Waals surface area contributed by atoms with Crippen molar-refractivity contribution in [1.82, 2.24) is 0 Å². The van der Waals surface area contributed by atoms with Gasteiger partial charge in [0.2, 0.25) is 0 Å². The fourth-order valence-electron chi connectivity index (χ4n) is 0.972. The van der Waals surface area contributed by atoms with Crippen LogP contribution in [0.1, 0.15) is 6.92 Å². The average molecular weight is 277 g/mol. The molecule has 82 valence electrons. The van der Waals surface area contributed by atoms with Gasteiger partial charge in [0.1, 0.15) is 11.6 Å². The largest absolute Gasteiger partial charge is 0.478 e. The van der Waals surface area contributed by atoms with Crippen LogP contribution in [0.2, 0.25) is 0 Å². The maximum absolute atomic E-state index is 12.9. The summed E-state index contributed by atoms with van der Waals surface area (Å²) in [5, 5.41) is 0. The van der Waals surface area contributed by atoms with Crippen molar-refractivity contribution in [3.63, 3.8) is 0 Å². The Bertz CT molecular complexity index is 368. The summed E-state index contributed by atoms with van der Waals surface area (Å²) in [5.74, 6) is -0.663. The fraction of sp³-hybridized carbons (Fsp3) is 0.300. The van der Waals surface area contributed by atoms with Crippen molar-refractivity contribution in [3.05, 3.63) is 28.5 Å². The molecule has 0 amide bonds. The molecule has 5 heteroatoms. The smallest absolute Gasteiger partial charge is 0.346 e. The van der Waals surface area contributed by atoms with E-state index in [0.29, 0.717) is 4.47 Å². The first-order chi connectivity index (χ1) is 7.04. The van der Waals surface area contributed by atoms with Crippen LogP contribution >= 0.6 is 15.9 Å². The van der Waals surface area contributed by atoms with Gasteiger partial charge in [-0.2, -0.15) is 0 Å². The van der Waals surface area contributed by atoms with E-state index in [9.17, 15) is 9.18 Å². The van der Waals surface area contributed by atoms with E-state index in [1.807, 2.05) is 0 Å². The van der Waals surface area contributed by atoms with Crippen LogP contribution in [0.5, 0.6) is 5.75 Å². The highest BCUT2D eigenvalue weighted by atomic mass is 79.9. The second-order valence-electron chi connectivity index (χ2n) is 2.86. The number of carbonyl (C=O) groups excluding carboxylic acids is 1. The van der Waals surface area contributed by atoms with Crippen molar-refractivity contribution >= 4 is 21.9 Å². The third-order valence-electron chi connectivity index (χ3n) is 1.73. The van der Waals surface area contributed by atoms with E-state index in [-0.39, 0.29) is 5.75 Å². The fourth-order valence-corrected chi connectivity index (χ4v) is 1.31. The monoisotopic (exact) mass is 276 g/mol. The number of hydrogen-bond donors (Lipinski definition) is 0. The van der Waals surface area contributed by atoms with Crippen LogP contribution < -0.4 is 4.74 Å². The number of esters is 1. The van der Waals surface area contributed by atoms with Gasteiger partial charge in [0, 0.05) is 6.07 Å². The maximum Gasteiger partial charge on any atom is 0.346 e. The van der Waals surface area contributed by atoms with Crippen molar-refractivity contribution in [1.29, 1.82) is 0 Å². The van der Waals surface area contributed by atoms with Crippen LogP contribution in [0, 0.1) is 5.82 Å². The molecule has 0 saturated heterocycles. The molecule has 0 heterocycles. The van der Waals surface area contributed by atoms with E-state index >= 15 is 0 Å². The molecule has 0 spiro atoms. The Morgan fingerprint density at radius 2 is 2.20 bits per heavy atom. The number of ether oxygens (including phenoxy) is 2. The molecule has 0 fully saturated rings. The van der Waals surface area contributed by atoms with E-state index in [4.69, 9.17) is 4.74 Å². The van der Waals surface area contributed by atoms with E-state index in [2.05, 4.69) is 20.7 Å². The first-order valence-electron chi connectivity index (χ1n) is 4.24. The molecule has 0 aliphatic heterocycles. The van der Waals surface area contributed by atoms with Crippen LogP contribution in [-0.2, 0) is 9.53 Å². The molecule has 1 atom stereocenters. The van der Waals surface area contributed by atoms with Crippen LogP contribution in [0.3, 0.4) is 0 Å². The van der Waals surface area contributed by atoms with Gasteiger partial charge in [-0.3, -0.25) is 0 Å². The molecule has 0 saturated carbocycles. The zero-order valence-corrected chi connectivity index (χ0v) is 9.88. The van der Waals surface area contributed by atoms with Gasteiger partial charge in [-0.05, 0) is 35.0 Å². The van der Waals surface area contributed by atoms with Gasteiger partial charge in [-0.1, -0.05) is 0 Å². The lowest BCUT2D eigenvalue weighted by Gasteiger charge is -2.13. The first kappa shape index (κ1) is 12.0. The molecule has 0 unspecified atom stereocenters. The summed E-state index contributed by atoms with van der Waals surface area (Å²) >= 11 is 3.19. The summed E-state index contributed by atoms with van der Waals surface area (Å²) < 4.78 is 23.1. The van der Waals surface area contributed by atoms with Crippen LogP contribution in [0.4, 0.5) is 4.39 Å². The van der Waals surface area contributed by atoms with Gasteiger partial charge in [0.15, 0.2) is 6.10 Å². The zero-order chi connectivity index (χ0) is 11.4. The number of benzene rings is 1. The third kappa shape index (κ3) is 3.20. The second-order valence-corrected chi connectivity index (χ2v) is 3.71. The Morgan fingerprint density at radius 1 is 1.53 bits per heavy atom. The molecule has 3 nitrogen and oxygen atoms in total. The molecular formula is C10H10BrFO3. The highest BCUT2D eigenvalue weighted by Crippen LogP contribution is 2.26. The Morgan fingerprint density at radius 3 is 2.80 bits per heavy atom. The van der Waals surface area contributed by atoms with Crippen LogP contribution in [0.25, 0.3) is 0 Å². The molecule has 0 aromatic heterocycles. The minimum Gasteiger partial charge on any atom is -0.478 e. The van der Waals surface area contributed by atoms with Crippen LogP contribution in [0.15, 0.2) is 22.7 Å². The molecule has 1 aromatic rings. The lowest BCUT2D eigenvalue weighted by molar-refractivity contribution is -0.147. The standard InChI is InChI=1S/C10H10BrFO3/c1-6(10(13)14-2)15-9-5-7(12)3-4-8(9)11/h3-6H,1-2H3/t6-/m1/s1. The van der Waals surface area contributed by atoms with Crippen molar-refractivity contribution in [2.45, 2.75) is 13.0 Å². The summed E-state index contributed by atoms with van der Waals surface area (Å²) in [6.45, 7) is 1.53. The minimum absolute atomic E-state index is 0.271. The summed E-state index contributed by atoms with van der Waals surface area (Å²) in [5.41, 5.74) is 0. The number of halogens is 2. The predicted octanol–water partition coefficient (Wildman–Crippen LogP) is 2.53. The summed E-state index contributed by atoms with van der Waals surface area (Å²) in [7, 11) is 1.27.